The summed E-state index contributed by atoms with van der Waals surface area (Å²) in [6.45, 7) is 7.68. The summed E-state index contributed by atoms with van der Waals surface area (Å²) in [5, 5.41) is 8.34. The molecule has 0 aliphatic rings. The van der Waals surface area contributed by atoms with E-state index in [1.54, 1.807) is 0 Å². The lowest BCUT2D eigenvalue weighted by atomic mass is 10.1. The molecule has 0 radical (unpaired) electrons. The fourth-order valence-corrected chi connectivity index (χ4v) is 5.18. The van der Waals surface area contributed by atoms with Crippen molar-refractivity contribution < 1.29 is 9.90 Å². The minimum atomic E-state index is -0.833. The molecule has 39 heavy (non-hydrogen) atoms. The number of carboxylic acids is 1. The zero-order valence-electron chi connectivity index (χ0n) is 25.5. The minimum Gasteiger partial charge on any atom is -0.481 e. The van der Waals surface area contributed by atoms with E-state index in [-0.39, 0.29) is 0 Å². The Bertz CT molecular complexity index is 644. The van der Waals surface area contributed by atoms with Crippen molar-refractivity contribution >= 4 is 37.2 Å². The molecule has 0 fully saturated rings. The van der Waals surface area contributed by atoms with Crippen LogP contribution >= 0.6 is 25.3 Å². The second-order valence-corrected chi connectivity index (χ2v) is 11.6. The minimum absolute atomic E-state index is 0.461. The van der Waals surface area contributed by atoms with Crippen molar-refractivity contribution in [2.45, 2.75) is 172 Å². The van der Waals surface area contributed by atoms with Crippen LogP contribution in [-0.2, 0) is 4.79 Å². The molecule has 6 nitrogen and oxygen atoms in total. The summed E-state index contributed by atoms with van der Waals surface area (Å²) in [7, 11) is 0. The first-order chi connectivity index (χ1) is 18.9. The number of thiol groups is 2. The van der Waals surface area contributed by atoms with Gasteiger partial charge in [-0.05, 0) is 12.8 Å². The first-order valence-electron chi connectivity index (χ1n) is 16.0. The second kappa shape index (κ2) is 28.5. The molecule has 0 aliphatic carbocycles. The van der Waals surface area contributed by atoms with Gasteiger partial charge in [0.1, 0.15) is 0 Å². The SMILES string of the molecule is CC(=O)O.CCCCCCCCCCCCCN(CCCCCCCCCCCCC)c1nc(S)nc(S)n1. The molecule has 1 N–H and O–H groups in total. The van der Waals surface area contributed by atoms with Crippen LogP contribution in [0.25, 0.3) is 0 Å². The summed E-state index contributed by atoms with van der Waals surface area (Å²) in [6, 6.07) is 0. The van der Waals surface area contributed by atoms with Crippen LogP contribution in [0.3, 0.4) is 0 Å². The van der Waals surface area contributed by atoms with Gasteiger partial charge in [0.15, 0.2) is 10.3 Å². The van der Waals surface area contributed by atoms with Crippen molar-refractivity contribution in [2.24, 2.45) is 0 Å². The van der Waals surface area contributed by atoms with Crippen LogP contribution in [-0.4, -0.2) is 39.1 Å². The smallest absolute Gasteiger partial charge is 0.300 e. The Morgan fingerprint density at radius 2 is 0.821 bits per heavy atom. The van der Waals surface area contributed by atoms with E-state index < -0.39 is 5.97 Å². The number of hydrogen-bond acceptors (Lipinski definition) is 7. The maximum atomic E-state index is 9.00. The third-order valence-corrected chi connectivity index (χ3v) is 7.35. The molecule has 1 aromatic rings. The van der Waals surface area contributed by atoms with Gasteiger partial charge in [-0.1, -0.05) is 142 Å². The van der Waals surface area contributed by atoms with Crippen LogP contribution < -0.4 is 4.90 Å². The summed E-state index contributed by atoms with van der Waals surface area (Å²) in [5.74, 6) is -0.0887. The van der Waals surface area contributed by atoms with Crippen LogP contribution in [0.4, 0.5) is 5.95 Å². The first-order valence-corrected chi connectivity index (χ1v) is 16.9. The Morgan fingerprint density at radius 3 is 1.10 bits per heavy atom. The van der Waals surface area contributed by atoms with Crippen LogP contribution in [0.1, 0.15) is 162 Å². The summed E-state index contributed by atoms with van der Waals surface area (Å²) >= 11 is 8.70. The van der Waals surface area contributed by atoms with Gasteiger partial charge in [0.25, 0.3) is 5.97 Å². The number of carbonyl (C=O) groups is 1. The normalized spacial score (nSPS) is 10.8. The van der Waals surface area contributed by atoms with Crippen LogP contribution in [0.15, 0.2) is 10.3 Å². The predicted octanol–water partition coefficient (Wildman–Crippen LogP) is 9.97. The largest absolute Gasteiger partial charge is 0.481 e. The number of carboxylic acid groups (broad SMARTS) is 1. The van der Waals surface area contributed by atoms with Gasteiger partial charge in [0.2, 0.25) is 5.95 Å². The first kappa shape index (κ1) is 38.0. The molecule has 0 bridgehead atoms. The highest BCUT2D eigenvalue weighted by Gasteiger charge is 2.11. The van der Waals surface area contributed by atoms with Gasteiger partial charge in [-0.25, -0.2) is 0 Å². The van der Waals surface area contributed by atoms with Crippen molar-refractivity contribution in [3.8, 4) is 0 Å². The number of aromatic nitrogens is 3. The third-order valence-electron chi connectivity index (χ3n) is 6.95. The zero-order chi connectivity index (χ0) is 29.0. The maximum Gasteiger partial charge on any atom is 0.300 e. The predicted molar refractivity (Wildman–Crippen MR) is 173 cm³/mol. The molecule has 0 unspecified atom stereocenters. The molecule has 1 heterocycles. The van der Waals surface area contributed by atoms with Gasteiger partial charge < -0.3 is 10.0 Å². The Hall–Kier alpha value is -1.02. The number of hydrogen-bond donors (Lipinski definition) is 3. The molecule has 0 aliphatic heterocycles. The quantitative estimate of drug-likeness (QED) is 0.0784. The van der Waals surface area contributed by atoms with Crippen LogP contribution in [0.2, 0.25) is 0 Å². The van der Waals surface area contributed by atoms with Crippen molar-refractivity contribution in [3.05, 3.63) is 0 Å². The van der Waals surface area contributed by atoms with Gasteiger partial charge in [0.05, 0.1) is 0 Å². The van der Waals surface area contributed by atoms with Gasteiger partial charge in [-0.2, -0.15) is 15.0 Å². The van der Waals surface area contributed by atoms with Crippen molar-refractivity contribution in [2.75, 3.05) is 18.0 Å². The van der Waals surface area contributed by atoms with E-state index in [0.29, 0.717) is 10.3 Å². The number of unbranched alkanes of at least 4 members (excludes halogenated alkanes) is 20. The van der Waals surface area contributed by atoms with Crippen molar-refractivity contribution in [1.82, 2.24) is 15.0 Å². The highest BCUT2D eigenvalue weighted by Crippen LogP contribution is 2.17. The highest BCUT2D eigenvalue weighted by atomic mass is 32.1. The molecule has 1 rings (SSSR count). The van der Waals surface area contributed by atoms with Gasteiger partial charge >= 0.3 is 0 Å². The molecule has 228 valence electrons. The molecule has 0 aromatic carbocycles. The Labute approximate surface area is 251 Å². The lowest BCUT2D eigenvalue weighted by Gasteiger charge is -2.23. The zero-order valence-corrected chi connectivity index (χ0v) is 27.3. The molecule has 0 saturated carbocycles. The fourth-order valence-electron chi connectivity index (χ4n) is 4.73. The monoisotopic (exact) mass is 584 g/mol. The molecule has 0 atom stereocenters. The van der Waals surface area contributed by atoms with Gasteiger partial charge in [0, 0.05) is 20.0 Å². The van der Waals surface area contributed by atoms with Crippen LogP contribution in [0.5, 0.6) is 0 Å². The average Bonchev–Trinajstić information content (AvgIpc) is 2.88. The number of anilines is 1. The van der Waals surface area contributed by atoms with Crippen LogP contribution in [0, 0.1) is 0 Å². The maximum absolute atomic E-state index is 9.00. The topological polar surface area (TPSA) is 79.2 Å². The van der Waals surface area contributed by atoms with E-state index in [1.165, 1.54) is 141 Å². The molecular formula is C31H60N4O2S2. The van der Waals surface area contributed by atoms with E-state index in [9.17, 15) is 0 Å². The summed E-state index contributed by atoms with van der Waals surface area (Å²) < 4.78 is 0. The third kappa shape index (κ3) is 26.9. The summed E-state index contributed by atoms with van der Waals surface area (Å²) in [5.41, 5.74) is 0. The second-order valence-electron chi connectivity index (χ2n) is 10.8. The van der Waals surface area contributed by atoms with Crippen molar-refractivity contribution in [1.29, 1.82) is 0 Å². The van der Waals surface area contributed by atoms with Crippen molar-refractivity contribution in [3.63, 3.8) is 0 Å². The summed E-state index contributed by atoms with van der Waals surface area (Å²) in [4.78, 5) is 24.4. The Morgan fingerprint density at radius 1 is 0.564 bits per heavy atom. The van der Waals surface area contributed by atoms with E-state index in [1.807, 2.05) is 0 Å². The fraction of sp³-hybridized carbons (Fsp3) is 0.871. The molecule has 0 amide bonds. The molecule has 8 heteroatoms. The molecular weight excluding hydrogens is 525 g/mol. The summed E-state index contributed by atoms with van der Waals surface area (Å²) in [6.07, 6.45) is 30.0. The van der Waals surface area contributed by atoms with Gasteiger partial charge in [-0.3, -0.25) is 4.79 Å². The molecule has 0 saturated heterocycles. The molecule has 1 aromatic heterocycles. The molecule has 0 spiro atoms. The Kier molecular flexibility index (Phi) is 27.8. The average molecular weight is 585 g/mol. The highest BCUT2D eigenvalue weighted by molar-refractivity contribution is 7.80. The lowest BCUT2D eigenvalue weighted by Crippen LogP contribution is -2.28. The lowest BCUT2D eigenvalue weighted by molar-refractivity contribution is -0.134. The van der Waals surface area contributed by atoms with E-state index >= 15 is 0 Å². The number of rotatable bonds is 25. The standard InChI is InChI=1S/C29H56N4S2.C2H4O2/c1-3-5-7-9-11-13-15-17-19-21-23-25-33(27-30-28(34)32-29(35)31-27)26-24-22-20-18-16-14-12-10-8-6-4-2;1-2(3)4/h3-26H2,1-2H3,(H2,30,31,32,34,35);1H3,(H,3,4). The number of aliphatic carboxylic acids is 1. The van der Waals surface area contributed by atoms with E-state index in [0.717, 1.165) is 26.0 Å². The number of nitrogens with zero attached hydrogens (tertiary/aromatic N) is 4. The van der Waals surface area contributed by atoms with E-state index in [2.05, 4.69) is 59.0 Å². The Balaban J connectivity index is 0.00000336. The van der Waals surface area contributed by atoms with E-state index in [4.69, 9.17) is 9.90 Å². The van der Waals surface area contributed by atoms with Gasteiger partial charge in [-0.15, -0.1) is 25.3 Å².